The topological polar surface area (TPSA) is 102 Å². The van der Waals surface area contributed by atoms with Gasteiger partial charge in [-0.15, -0.1) is 0 Å². The number of carboxylic acid groups (broad SMARTS) is 1. The van der Waals surface area contributed by atoms with Crippen molar-refractivity contribution >= 4 is 17.9 Å². The number of unbranched alkanes of at least 4 members (excludes halogenated alkanes) is 22. The summed E-state index contributed by atoms with van der Waals surface area (Å²) in [4.78, 5) is 36.9. The first-order valence-electron chi connectivity index (χ1n) is 23.5. The zero-order valence-electron chi connectivity index (χ0n) is 37.8. The van der Waals surface area contributed by atoms with Gasteiger partial charge in [0.2, 0.25) is 0 Å². The molecule has 0 fully saturated rings. The molecule has 8 nitrogen and oxygen atoms in total. The number of carbonyl (C=O) groups excluding carboxylic acids is 3. The van der Waals surface area contributed by atoms with Gasteiger partial charge in [-0.25, -0.2) is 0 Å². The molecule has 2 unspecified atom stereocenters. The lowest BCUT2D eigenvalue weighted by Gasteiger charge is -2.34. The summed E-state index contributed by atoms with van der Waals surface area (Å²) in [6.07, 6.45) is 45.9. The lowest BCUT2D eigenvalue weighted by molar-refractivity contribution is -0.889. The molecule has 57 heavy (non-hydrogen) atoms. The van der Waals surface area contributed by atoms with Crippen molar-refractivity contribution in [1.29, 1.82) is 0 Å². The van der Waals surface area contributed by atoms with Crippen LogP contribution in [0, 0.1) is 0 Å². The van der Waals surface area contributed by atoms with Crippen LogP contribution in [0.1, 0.15) is 206 Å². The van der Waals surface area contributed by atoms with Gasteiger partial charge in [0, 0.05) is 19.3 Å². The molecule has 0 aromatic heterocycles. The molecule has 0 amide bonds. The maximum absolute atomic E-state index is 12.7. The molecule has 0 spiro atoms. The van der Waals surface area contributed by atoms with Crippen LogP contribution >= 0.6 is 0 Å². The van der Waals surface area contributed by atoms with Crippen LogP contribution in [0.2, 0.25) is 0 Å². The Labute approximate surface area is 351 Å². The van der Waals surface area contributed by atoms with Crippen molar-refractivity contribution in [3.63, 3.8) is 0 Å². The van der Waals surface area contributed by atoms with Crippen LogP contribution in [0.4, 0.5) is 0 Å². The van der Waals surface area contributed by atoms with Gasteiger partial charge in [0.1, 0.15) is 12.6 Å². The molecular formula is C49H89NO7. The van der Waals surface area contributed by atoms with Gasteiger partial charge in [-0.05, 0) is 44.9 Å². The van der Waals surface area contributed by atoms with Crippen LogP contribution in [-0.4, -0.2) is 75.5 Å². The second-order valence-corrected chi connectivity index (χ2v) is 17.0. The van der Waals surface area contributed by atoms with Crippen molar-refractivity contribution < 1.29 is 38.2 Å². The van der Waals surface area contributed by atoms with Crippen molar-refractivity contribution in [2.75, 3.05) is 41.0 Å². The van der Waals surface area contributed by atoms with Crippen molar-refractivity contribution in [3.05, 3.63) is 36.5 Å². The quantitative estimate of drug-likeness (QED) is 0.0262. The molecule has 0 saturated heterocycles. The van der Waals surface area contributed by atoms with Gasteiger partial charge in [-0.2, -0.15) is 0 Å². The molecular weight excluding hydrogens is 715 g/mol. The van der Waals surface area contributed by atoms with E-state index in [9.17, 15) is 19.5 Å². The highest BCUT2D eigenvalue weighted by molar-refractivity contribution is 5.70. The number of carboxylic acids is 1. The van der Waals surface area contributed by atoms with E-state index in [-0.39, 0.29) is 42.7 Å². The highest BCUT2D eigenvalue weighted by atomic mass is 16.6. The predicted molar refractivity (Wildman–Crippen MR) is 236 cm³/mol. The first-order chi connectivity index (χ1) is 27.6. The number of nitrogens with zero attached hydrogens (tertiary/aromatic N) is 1. The number of rotatable bonds is 42. The largest absolute Gasteiger partial charge is 0.544 e. The molecule has 0 aliphatic rings. The lowest BCUT2D eigenvalue weighted by Crippen LogP contribution is -2.55. The Morgan fingerprint density at radius 2 is 0.982 bits per heavy atom. The van der Waals surface area contributed by atoms with Crippen molar-refractivity contribution in [2.24, 2.45) is 0 Å². The fourth-order valence-corrected chi connectivity index (χ4v) is 6.91. The number of allylic oxidation sites excluding steroid dienone is 6. The average molecular weight is 804 g/mol. The number of esters is 2. The minimum atomic E-state index is -1.13. The average Bonchev–Trinajstić information content (AvgIpc) is 3.17. The minimum absolute atomic E-state index is 0.0392. The maximum atomic E-state index is 12.7. The fourth-order valence-electron chi connectivity index (χ4n) is 6.91. The van der Waals surface area contributed by atoms with Crippen molar-refractivity contribution in [3.8, 4) is 0 Å². The molecule has 0 heterocycles. The zero-order valence-corrected chi connectivity index (χ0v) is 37.8. The van der Waals surface area contributed by atoms with E-state index in [2.05, 4.69) is 50.3 Å². The SMILES string of the molecule is CC/C=C/C/C=C/C/C=C/CCCCCCCCC(=O)OCC(COCCC(C(=O)[O-])[N+](C)(C)C)OC(=O)CCCCCCCCCCCCCCCCCCC. The number of carbonyl (C=O) groups is 3. The summed E-state index contributed by atoms with van der Waals surface area (Å²) in [5.74, 6) is -1.74. The van der Waals surface area contributed by atoms with E-state index in [1.54, 1.807) is 21.1 Å². The number of ether oxygens (including phenoxy) is 3. The first-order valence-corrected chi connectivity index (χ1v) is 23.5. The molecule has 0 aliphatic heterocycles. The van der Waals surface area contributed by atoms with Crippen LogP contribution in [0.5, 0.6) is 0 Å². The van der Waals surface area contributed by atoms with Gasteiger partial charge >= 0.3 is 11.9 Å². The Hall–Kier alpha value is -2.45. The van der Waals surface area contributed by atoms with E-state index < -0.39 is 18.1 Å². The van der Waals surface area contributed by atoms with Gasteiger partial charge < -0.3 is 28.6 Å². The fraction of sp³-hybridized carbons (Fsp3) is 0.816. The molecule has 0 rings (SSSR count). The molecule has 0 radical (unpaired) electrons. The zero-order chi connectivity index (χ0) is 42.1. The van der Waals surface area contributed by atoms with Gasteiger partial charge in [0.05, 0.1) is 40.3 Å². The van der Waals surface area contributed by atoms with Crippen molar-refractivity contribution in [2.45, 2.75) is 219 Å². The van der Waals surface area contributed by atoms with Crippen LogP contribution in [0.3, 0.4) is 0 Å². The van der Waals surface area contributed by atoms with E-state index in [0.717, 1.165) is 70.6 Å². The highest BCUT2D eigenvalue weighted by Crippen LogP contribution is 2.16. The summed E-state index contributed by atoms with van der Waals surface area (Å²) in [5, 5.41) is 11.6. The Bertz CT molecular complexity index is 1030. The third kappa shape index (κ3) is 38.8. The Kier molecular flexibility index (Phi) is 38.6. The molecule has 8 heteroatoms. The van der Waals surface area contributed by atoms with Gasteiger partial charge in [0.15, 0.2) is 6.10 Å². The van der Waals surface area contributed by atoms with E-state index in [0.29, 0.717) is 12.8 Å². The summed E-state index contributed by atoms with van der Waals surface area (Å²) >= 11 is 0. The summed E-state index contributed by atoms with van der Waals surface area (Å²) in [6.45, 7) is 4.56. The van der Waals surface area contributed by atoms with Gasteiger partial charge in [0.25, 0.3) is 0 Å². The summed E-state index contributed by atoms with van der Waals surface area (Å²) < 4.78 is 17.2. The van der Waals surface area contributed by atoms with Crippen LogP contribution < -0.4 is 5.11 Å². The smallest absolute Gasteiger partial charge is 0.306 e. The molecule has 0 aromatic rings. The number of aliphatic carboxylic acids is 1. The van der Waals surface area contributed by atoms with Crippen LogP contribution in [0.25, 0.3) is 0 Å². The van der Waals surface area contributed by atoms with Crippen LogP contribution in [-0.2, 0) is 28.6 Å². The summed E-state index contributed by atoms with van der Waals surface area (Å²) in [6, 6.07) is -0.726. The summed E-state index contributed by atoms with van der Waals surface area (Å²) in [7, 11) is 5.41. The number of hydrogen-bond acceptors (Lipinski definition) is 7. The second-order valence-electron chi connectivity index (χ2n) is 17.0. The molecule has 2 atom stereocenters. The van der Waals surface area contributed by atoms with Crippen LogP contribution in [0.15, 0.2) is 36.5 Å². The standard InChI is InChI=1S/C49H89NO7/c1-6-8-10-12-14-16-18-20-22-24-26-28-30-32-34-36-38-40-48(52)57-45(43-55-42-41-46(49(53)54)50(3,4)5)44-56-47(51)39-37-35-33-31-29-27-25-23-21-19-17-15-13-11-9-7-2/h9,11,15,17,21,23,45-46H,6-8,10,12-14,16,18-20,22,24-44H2,1-5H3/b11-9+,17-15+,23-21+. The maximum Gasteiger partial charge on any atom is 0.306 e. The lowest BCUT2D eigenvalue weighted by atomic mass is 10.0. The molecule has 0 bridgehead atoms. The Morgan fingerprint density at radius 3 is 1.46 bits per heavy atom. The normalized spacial score (nSPS) is 13.2. The molecule has 0 aromatic carbocycles. The van der Waals surface area contributed by atoms with E-state index in [1.807, 2.05) is 0 Å². The third-order valence-corrected chi connectivity index (χ3v) is 10.5. The Balaban J connectivity index is 4.30. The third-order valence-electron chi connectivity index (χ3n) is 10.5. The van der Waals surface area contributed by atoms with E-state index >= 15 is 0 Å². The van der Waals surface area contributed by atoms with E-state index in [1.165, 1.54) is 103 Å². The molecule has 0 N–H and O–H groups in total. The number of likely N-dealkylation sites (N-methyl/N-ethyl adjacent to an activating group) is 1. The predicted octanol–water partition coefficient (Wildman–Crippen LogP) is 11.7. The van der Waals surface area contributed by atoms with Gasteiger partial charge in [-0.3, -0.25) is 9.59 Å². The van der Waals surface area contributed by atoms with Crippen molar-refractivity contribution in [1.82, 2.24) is 0 Å². The summed E-state index contributed by atoms with van der Waals surface area (Å²) in [5.41, 5.74) is 0. The molecule has 0 saturated carbocycles. The molecule has 0 aliphatic carbocycles. The monoisotopic (exact) mass is 804 g/mol. The Morgan fingerprint density at radius 1 is 0.544 bits per heavy atom. The first kappa shape index (κ1) is 54.6. The number of hydrogen-bond donors (Lipinski definition) is 0. The second kappa shape index (κ2) is 40.3. The highest BCUT2D eigenvalue weighted by Gasteiger charge is 2.25. The number of quaternary nitrogens is 1. The minimum Gasteiger partial charge on any atom is -0.544 e. The van der Waals surface area contributed by atoms with E-state index in [4.69, 9.17) is 14.2 Å². The molecule has 332 valence electrons. The van der Waals surface area contributed by atoms with Gasteiger partial charge in [-0.1, -0.05) is 179 Å².